The standard InChI is InChI=1S/C4H3ClO3S2.Na/c5-3-1-2-4(9-3)10(6,7)8;/h1-2H,(H,6,7,8);/q;+1/p-1. The topological polar surface area (TPSA) is 57.2 Å². The summed E-state index contributed by atoms with van der Waals surface area (Å²) in [5, 5.41) is 0. The summed E-state index contributed by atoms with van der Waals surface area (Å²) in [5.41, 5.74) is 0. The Bertz CT molecular complexity index is 331. The van der Waals surface area contributed by atoms with E-state index in [9.17, 15) is 13.0 Å². The molecule has 0 N–H and O–H groups in total. The van der Waals surface area contributed by atoms with Crippen molar-refractivity contribution in [2.45, 2.75) is 4.21 Å². The molecule has 11 heavy (non-hydrogen) atoms. The van der Waals surface area contributed by atoms with Crippen molar-refractivity contribution in [3.05, 3.63) is 16.5 Å². The average molecular weight is 221 g/mol. The third-order valence-electron chi connectivity index (χ3n) is 0.795. The van der Waals surface area contributed by atoms with Gasteiger partial charge in [-0.25, -0.2) is 8.42 Å². The summed E-state index contributed by atoms with van der Waals surface area (Å²) in [6, 6.07) is 2.56. The van der Waals surface area contributed by atoms with Crippen molar-refractivity contribution in [2.24, 2.45) is 0 Å². The van der Waals surface area contributed by atoms with Crippen LogP contribution in [0.15, 0.2) is 16.3 Å². The summed E-state index contributed by atoms with van der Waals surface area (Å²) in [6.07, 6.45) is 0. The van der Waals surface area contributed by atoms with Gasteiger partial charge in [0.15, 0.2) is 0 Å². The predicted octanol–water partition coefficient (Wildman–Crippen LogP) is -1.69. The molecule has 0 aliphatic carbocycles. The van der Waals surface area contributed by atoms with Crippen molar-refractivity contribution in [3.8, 4) is 0 Å². The number of halogens is 1. The Morgan fingerprint density at radius 3 is 2.18 bits per heavy atom. The first-order chi connectivity index (χ1) is 4.50. The van der Waals surface area contributed by atoms with Gasteiger partial charge in [-0.05, 0) is 12.1 Å². The molecular weight excluding hydrogens is 219 g/mol. The fourth-order valence-electron chi connectivity index (χ4n) is 0.432. The molecule has 0 atom stereocenters. The van der Waals surface area contributed by atoms with Gasteiger partial charge in [0, 0.05) is 0 Å². The molecule has 3 nitrogen and oxygen atoms in total. The number of rotatable bonds is 1. The first-order valence-corrected chi connectivity index (χ1v) is 4.81. The Kier molecular flexibility index (Phi) is 4.57. The monoisotopic (exact) mass is 220 g/mol. The van der Waals surface area contributed by atoms with Gasteiger partial charge in [0.25, 0.3) is 0 Å². The summed E-state index contributed by atoms with van der Waals surface area (Å²) < 4.78 is 30.8. The zero-order valence-electron chi connectivity index (χ0n) is 5.57. The molecule has 1 heterocycles. The molecule has 0 bridgehead atoms. The van der Waals surface area contributed by atoms with Crippen LogP contribution in [-0.4, -0.2) is 13.0 Å². The van der Waals surface area contributed by atoms with E-state index in [1.807, 2.05) is 0 Å². The van der Waals surface area contributed by atoms with E-state index in [-0.39, 0.29) is 33.8 Å². The molecule has 0 saturated heterocycles. The zero-order chi connectivity index (χ0) is 7.78. The third kappa shape index (κ3) is 3.42. The zero-order valence-corrected chi connectivity index (χ0v) is 9.96. The van der Waals surface area contributed by atoms with E-state index in [0.717, 1.165) is 11.3 Å². The molecule has 0 radical (unpaired) electrons. The average Bonchev–Trinajstić information content (AvgIpc) is 2.11. The smallest absolute Gasteiger partial charge is 0.743 e. The molecule has 56 valence electrons. The Hall–Kier alpha value is 0.900. The summed E-state index contributed by atoms with van der Waals surface area (Å²) in [4.78, 5) is 0. The van der Waals surface area contributed by atoms with E-state index in [2.05, 4.69) is 0 Å². The SMILES string of the molecule is O=S(=O)([O-])c1ccc(Cl)s1.[Na+]. The molecule has 0 spiro atoms. The van der Waals surface area contributed by atoms with Gasteiger partial charge in [-0.1, -0.05) is 11.6 Å². The molecule has 0 saturated carbocycles. The molecule has 0 aliphatic heterocycles. The second-order valence-electron chi connectivity index (χ2n) is 1.51. The minimum atomic E-state index is -4.30. The van der Waals surface area contributed by atoms with Crippen molar-refractivity contribution in [1.29, 1.82) is 0 Å². The maximum absolute atomic E-state index is 10.2. The summed E-state index contributed by atoms with van der Waals surface area (Å²) in [6.45, 7) is 0. The van der Waals surface area contributed by atoms with Gasteiger partial charge in [0.05, 0.1) is 4.34 Å². The van der Waals surface area contributed by atoms with Crippen LogP contribution in [0.3, 0.4) is 0 Å². The van der Waals surface area contributed by atoms with Gasteiger partial charge in [0.2, 0.25) is 0 Å². The molecule has 1 rings (SSSR count). The predicted molar refractivity (Wildman–Crippen MR) is 37.3 cm³/mol. The van der Waals surface area contributed by atoms with Gasteiger partial charge in [0.1, 0.15) is 14.3 Å². The number of hydrogen-bond donors (Lipinski definition) is 0. The van der Waals surface area contributed by atoms with Crippen LogP contribution in [0.2, 0.25) is 4.34 Å². The van der Waals surface area contributed by atoms with Crippen LogP contribution in [0.4, 0.5) is 0 Å². The van der Waals surface area contributed by atoms with Crippen molar-refractivity contribution in [3.63, 3.8) is 0 Å². The Balaban J connectivity index is 0.000001000. The van der Waals surface area contributed by atoms with Gasteiger partial charge in [-0.15, -0.1) is 11.3 Å². The maximum atomic E-state index is 10.2. The van der Waals surface area contributed by atoms with Gasteiger partial charge in [-0.3, -0.25) is 0 Å². The molecular formula is C4H2ClNaO3S2. The first-order valence-electron chi connectivity index (χ1n) is 2.21. The Morgan fingerprint density at radius 2 is 2.00 bits per heavy atom. The fraction of sp³-hybridized carbons (Fsp3) is 0. The molecule has 0 aliphatic rings. The van der Waals surface area contributed by atoms with E-state index in [1.165, 1.54) is 12.1 Å². The third-order valence-corrected chi connectivity index (χ3v) is 3.31. The molecule has 0 aromatic carbocycles. The quantitative estimate of drug-likeness (QED) is 0.419. The molecule has 0 fully saturated rings. The molecule has 0 amide bonds. The second kappa shape index (κ2) is 4.23. The van der Waals surface area contributed by atoms with E-state index >= 15 is 0 Å². The van der Waals surface area contributed by atoms with Crippen LogP contribution in [0, 0.1) is 0 Å². The molecule has 1 aromatic rings. The van der Waals surface area contributed by atoms with Gasteiger partial charge >= 0.3 is 29.6 Å². The fourth-order valence-corrected chi connectivity index (χ4v) is 2.26. The Labute approximate surface area is 95.4 Å². The summed E-state index contributed by atoms with van der Waals surface area (Å²) in [7, 11) is -4.30. The summed E-state index contributed by atoms with van der Waals surface area (Å²) >= 11 is 6.14. The van der Waals surface area contributed by atoms with Crippen LogP contribution in [0.1, 0.15) is 0 Å². The maximum Gasteiger partial charge on any atom is 1.00 e. The Morgan fingerprint density at radius 1 is 1.45 bits per heavy atom. The van der Waals surface area contributed by atoms with Gasteiger partial charge in [-0.2, -0.15) is 0 Å². The van der Waals surface area contributed by atoms with Crippen molar-refractivity contribution < 1.29 is 42.5 Å². The van der Waals surface area contributed by atoms with Crippen LogP contribution in [0.25, 0.3) is 0 Å². The number of hydrogen-bond acceptors (Lipinski definition) is 4. The molecule has 1 aromatic heterocycles. The van der Waals surface area contributed by atoms with Crippen LogP contribution in [-0.2, 0) is 10.1 Å². The first kappa shape index (κ1) is 11.9. The van der Waals surface area contributed by atoms with Crippen molar-refractivity contribution >= 4 is 33.1 Å². The van der Waals surface area contributed by atoms with Crippen LogP contribution in [0.5, 0.6) is 0 Å². The van der Waals surface area contributed by atoms with E-state index < -0.39 is 10.1 Å². The minimum Gasteiger partial charge on any atom is -0.743 e. The van der Waals surface area contributed by atoms with Gasteiger partial charge < -0.3 is 4.55 Å². The van der Waals surface area contributed by atoms with E-state index in [4.69, 9.17) is 11.6 Å². The van der Waals surface area contributed by atoms with Crippen LogP contribution < -0.4 is 29.6 Å². The molecule has 0 unspecified atom stereocenters. The second-order valence-corrected chi connectivity index (χ2v) is 4.83. The van der Waals surface area contributed by atoms with Crippen molar-refractivity contribution in [1.82, 2.24) is 0 Å². The van der Waals surface area contributed by atoms with E-state index in [1.54, 1.807) is 0 Å². The molecule has 7 heteroatoms. The minimum absolute atomic E-state index is 0. The summed E-state index contributed by atoms with van der Waals surface area (Å²) in [5.74, 6) is 0. The largest absolute Gasteiger partial charge is 1.00 e. The van der Waals surface area contributed by atoms with Crippen LogP contribution >= 0.6 is 22.9 Å². The normalized spacial score (nSPS) is 10.7. The van der Waals surface area contributed by atoms with Crippen molar-refractivity contribution in [2.75, 3.05) is 0 Å². The number of thiophene rings is 1. The van der Waals surface area contributed by atoms with E-state index in [0.29, 0.717) is 4.34 Å².